The summed E-state index contributed by atoms with van der Waals surface area (Å²) in [5.41, 5.74) is 27.0. The van der Waals surface area contributed by atoms with Gasteiger partial charge in [0.25, 0.3) is 0 Å². The van der Waals surface area contributed by atoms with E-state index in [9.17, 15) is 48.6 Å². The normalized spacial score (nSPS) is 14.2. The van der Waals surface area contributed by atoms with Crippen LogP contribution in [0.1, 0.15) is 64.2 Å². The van der Waals surface area contributed by atoms with Crippen molar-refractivity contribution >= 4 is 47.4 Å². The summed E-state index contributed by atoms with van der Waals surface area (Å²) in [6, 6.07) is -7.47. The summed E-state index contributed by atoms with van der Waals surface area (Å²) in [7, 11) is 0. The minimum absolute atomic E-state index is 0.0209. The van der Waals surface area contributed by atoms with Gasteiger partial charge in [0.15, 0.2) is 0 Å². The van der Waals surface area contributed by atoms with E-state index in [2.05, 4.69) is 21.3 Å². The van der Waals surface area contributed by atoms with Crippen LogP contribution < -0.4 is 49.9 Å². The van der Waals surface area contributed by atoms with E-state index in [1.54, 1.807) is 0 Å². The summed E-state index contributed by atoms with van der Waals surface area (Å²) in [5.74, 6) is -8.93. The number of carbonyl (C=O) groups excluding carboxylic acids is 6. The van der Waals surface area contributed by atoms with Crippen LogP contribution in [0.15, 0.2) is 0 Å². The molecule has 0 saturated heterocycles. The molecule has 19 heteroatoms. The molecule has 44 heavy (non-hydrogen) atoms. The summed E-state index contributed by atoms with van der Waals surface area (Å²) in [4.78, 5) is 97.6. The molecule has 250 valence electrons. The molecule has 0 aromatic rings. The van der Waals surface area contributed by atoms with Gasteiger partial charge in [-0.05, 0) is 51.6 Å². The van der Waals surface area contributed by atoms with Gasteiger partial charge in [-0.15, -0.1) is 0 Å². The molecule has 6 amide bonds. The number of aliphatic carboxylic acids is 2. The molecule has 0 aromatic heterocycles. The number of carboxylic acids is 2. The van der Waals surface area contributed by atoms with Crippen LogP contribution in [0.5, 0.6) is 0 Å². The lowest BCUT2D eigenvalue weighted by atomic mass is 10.1. The Morgan fingerprint density at radius 1 is 0.545 bits per heavy atom. The minimum atomic E-state index is -1.79. The standard InChI is InChI=1S/C25H45N9O10/c26-9-3-1-5-13(28)21(39)33-16(11-19(30)36)23(41)31-14(7-8-18(29)35)22(40)34-17(12-20(37)38)24(42)32-15(25(43)44)6-2-4-10-27/h13-17H,1-12,26-28H2,(H2,29,35)(H2,30,36)(H,31,41)(H,32,42)(H,33,39)(H,34,40)(H,37,38)(H,43,44)/t13-,14-,15-,16-,17-/m0/s1. The molecular weight excluding hydrogens is 586 g/mol. The van der Waals surface area contributed by atoms with Crippen LogP contribution in [0.4, 0.5) is 0 Å². The lowest BCUT2D eigenvalue weighted by molar-refractivity contribution is -0.143. The molecule has 0 saturated carbocycles. The Bertz CT molecular complexity index is 1030. The second-order valence-corrected chi connectivity index (χ2v) is 10.0. The Hall–Kier alpha value is -4.36. The van der Waals surface area contributed by atoms with Crippen LogP contribution in [-0.2, 0) is 38.4 Å². The fraction of sp³-hybridized carbons (Fsp3) is 0.680. The Morgan fingerprint density at radius 3 is 1.48 bits per heavy atom. The van der Waals surface area contributed by atoms with Crippen LogP contribution in [0.25, 0.3) is 0 Å². The van der Waals surface area contributed by atoms with Crippen LogP contribution in [-0.4, -0.2) is 101 Å². The number of nitrogens with one attached hydrogen (secondary N) is 4. The van der Waals surface area contributed by atoms with E-state index >= 15 is 0 Å². The van der Waals surface area contributed by atoms with Crippen molar-refractivity contribution in [1.29, 1.82) is 0 Å². The van der Waals surface area contributed by atoms with Gasteiger partial charge in [-0.3, -0.25) is 33.6 Å². The molecule has 0 heterocycles. The highest BCUT2D eigenvalue weighted by atomic mass is 16.4. The molecule has 0 fully saturated rings. The van der Waals surface area contributed by atoms with Crippen molar-refractivity contribution < 1.29 is 48.6 Å². The zero-order valence-electron chi connectivity index (χ0n) is 24.4. The first-order chi connectivity index (χ1) is 20.6. The van der Waals surface area contributed by atoms with Gasteiger partial charge < -0.3 is 60.1 Å². The maximum absolute atomic E-state index is 13.1. The maximum atomic E-state index is 13.1. The maximum Gasteiger partial charge on any atom is 0.326 e. The second kappa shape index (κ2) is 21.3. The first kappa shape index (κ1) is 39.6. The summed E-state index contributed by atoms with van der Waals surface area (Å²) < 4.78 is 0. The Kier molecular flexibility index (Phi) is 19.2. The molecule has 0 bridgehead atoms. The second-order valence-electron chi connectivity index (χ2n) is 10.0. The Labute approximate surface area is 253 Å². The summed E-state index contributed by atoms with van der Waals surface area (Å²) in [6.45, 7) is 0.654. The number of nitrogens with two attached hydrogens (primary N) is 5. The third kappa shape index (κ3) is 16.9. The lowest BCUT2D eigenvalue weighted by Gasteiger charge is -2.25. The van der Waals surface area contributed by atoms with E-state index in [0.29, 0.717) is 32.2 Å². The number of rotatable bonds is 24. The zero-order valence-corrected chi connectivity index (χ0v) is 24.4. The summed E-state index contributed by atoms with van der Waals surface area (Å²) in [6.07, 6.45) is -0.425. The highest BCUT2D eigenvalue weighted by molar-refractivity contribution is 5.97. The number of primary amides is 2. The van der Waals surface area contributed by atoms with Crippen molar-refractivity contribution in [3.63, 3.8) is 0 Å². The number of hydrogen-bond donors (Lipinski definition) is 11. The number of unbranched alkanes of at least 4 members (excludes halogenated alkanes) is 2. The van der Waals surface area contributed by atoms with E-state index in [0.717, 1.165) is 0 Å². The van der Waals surface area contributed by atoms with E-state index in [4.69, 9.17) is 28.7 Å². The van der Waals surface area contributed by atoms with Crippen LogP contribution in [0.3, 0.4) is 0 Å². The molecule has 0 unspecified atom stereocenters. The molecule has 0 radical (unpaired) electrons. The van der Waals surface area contributed by atoms with Crippen molar-refractivity contribution in [2.45, 2.75) is 94.4 Å². The van der Waals surface area contributed by atoms with Gasteiger partial charge in [-0.2, -0.15) is 0 Å². The van der Waals surface area contributed by atoms with Crippen LogP contribution >= 0.6 is 0 Å². The van der Waals surface area contributed by atoms with Gasteiger partial charge >= 0.3 is 11.9 Å². The predicted molar refractivity (Wildman–Crippen MR) is 154 cm³/mol. The smallest absolute Gasteiger partial charge is 0.326 e. The zero-order chi connectivity index (χ0) is 33.8. The topological polar surface area (TPSA) is 355 Å². The molecule has 0 aliphatic carbocycles. The number of hydrogen-bond acceptors (Lipinski definition) is 11. The van der Waals surface area contributed by atoms with Gasteiger partial charge in [-0.25, -0.2) is 4.79 Å². The Morgan fingerprint density at radius 2 is 1.00 bits per heavy atom. The van der Waals surface area contributed by atoms with Gasteiger partial charge in [0.2, 0.25) is 35.4 Å². The number of carboxylic acid groups (broad SMARTS) is 2. The molecule has 5 atom stereocenters. The predicted octanol–water partition coefficient (Wildman–Crippen LogP) is -4.79. The van der Waals surface area contributed by atoms with Crippen molar-refractivity contribution in [3.05, 3.63) is 0 Å². The molecule has 16 N–H and O–H groups in total. The van der Waals surface area contributed by atoms with E-state index in [1.165, 1.54) is 0 Å². The first-order valence-electron chi connectivity index (χ1n) is 14.0. The van der Waals surface area contributed by atoms with Gasteiger partial charge in [-0.1, -0.05) is 6.42 Å². The summed E-state index contributed by atoms with van der Waals surface area (Å²) in [5, 5.41) is 27.5. The fourth-order valence-electron chi connectivity index (χ4n) is 3.84. The molecule has 0 spiro atoms. The van der Waals surface area contributed by atoms with E-state index < -0.39 is 103 Å². The van der Waals surface area contributed by atoms with E-state index in [-0.39, 0.29) is 19.4 Å². The molecule has 0 aromatic carbocycles. The fourth-order valence-corrected chi connectivity index (χ4v) is 3.84. The van der Waals surface area contributed by atoms with E-state index in [1.807, 2.05) is 0 Å². The summed E-state index contributed by atoms with van der Waals surface area (Å²) >= 11 is 0. The van der Waals surface area contributed by atoms with Crippen LogP contribution in [0.2, 0.25) is 0 Å². The Balaban J connectivity index is 5.89. The molecule has 0 aliphatic rings. The minimum Gasteiger partial charge on any atom is -0.481 e. The highest BCUT2D eigenvalue weighted by Crippen LogP contribution is 2.06. The van der Waals surface area contributed by atoms with Crippen molar-refractivity contribution in [2.75, 3.05) is 13.1 Å². The lowest BCUT2D eigenvalue weighted by Crippen LogP contribution is -2.59. The number of carbonyl (C=O) groups is 8. The number of amides is 6. The highest BCUT2D eigenvalue weighted by Gasteiger charge is 2.33. The molecule has 0 aliphatic heterocycles. The van der Waals surface area contributed by atoms with Gasteiger partial charge in [0.05, 0.1) is 18.9 Å². The molecule has 19 nitrogen and oxygen atoms in total. The first-order valence-corrected chi connectivity index (χ1v) is 14.0. The van der Waals surface area contributed by atoms with Gasteiger partial charge in [0, 0.05) is 6.42 Å². The quantitative estimate of drug-likeness (QED) is 0.0446. The van der Waals surface area contributed by atoms with Crippen molar-refractivity contribution in [2.24, 2.45) is 28.7 Å². The molecular formula is C25H45N9O10. The van der Waals surface area contributed by atoms with Crippen LogP contribution in [0, 0.1) is 0 Å². The third-order valence-electron chi connectivity index (χ3n) is 6.23. The van der Waals surface area contributed by atoms with Gasteiger partial charge in [0.1, 0.15) is 24.2 Å². The average molecular weight is 632 g/mol. The monoisotopic (exact) mass is 631 g/mol. The largest absolute Gasteiger partial charge is 0.481 e. The third-order valence-corrected chi connectivity index (χ3v) is 6.23. The average Bonchev–Trinajstić information content (AvgIpc) is 2.92. The van der Waals surface area contributed by atoms with Crippen molar-refractivity contribution in [1.82, 2.24) is 21.3 Å². The SMILES string of the molecule is NCCCC[C@H](NC(=O)[C@H](CC(=O)O)NC(=O)[C@H](CCC(N)=O)NC(=O)[C@H](CC(N)=O)NC(=O)[C@@H](N)CCCCN)C(=O)O. The van der Waals surface area contributed by atoms with Crippen molar-refractivity contribution in [3.8, 4) is 0 Å². The molecule has 0 rings (SSSR count).